The molecule has 0 amide bonds. The minimum atomic E-state index is 0.414. The van der Waals surface area contributed by atoms with Crippen molar-refractivity contribution >= 4 is 0 Å². The van der Waals surface area contributed by atoms with Crippen LogP contribution in [0.2, 0.25) is 0 Å². The van der Waals surface area contributed by atoms with Crippen molar-refractivity contribution in [2.45, 2.75) is 40.2 Å². The molecule has 0 aliphatic heterocycles. The van der Waals surface area contributed by atoms with E-state index < -0.39 is 0 Å². The van der Waals surface area contributed by atoms with E-state index in [0.717, 1.165) is 11.8 Å². The van der Waals surface area contributed by atoms with Crippen LogP contribution in [-0.2, 0) is 4.74 Å². The molecule has 0 aromatic carbocycles. The van der Waals surface area contributed by atoms with Gasteiger partial charge < -0.3 is 4.74 Å². The molecule has 0 aromatic rings. The maximum absolute atomic E-state index is 5.17. The summed E-state index contributed by atoms with van der Waals surface area (Å²) in [5, 5.41) is 0. The third-order valence-electron chi connectivity index (χ3n) is 2.24. The topological polar surface area (TPSA) is 9.23 Å². The second kappa shape index (κ2) is 4.73. The second-order valence-electron chi connectivity index (χ2n) is 3.50. The van der Waals surface area contributed by atoms with E-state index in [1.54, 1.807) is 7.11 Å². The number of rotatable bonds is 4. The molecule has 1 heteroatoms. The summed E-state index contributed by atoms with van der Waals surface area (Å²) in [7, 11) is 1.78. The van der Waals surface area contributed by atoms with E-state index in [-0.39, 0.29) is 0 Å². The fraction of sp³-hybridized carbons (Fsp3) is 1.00. The third-order valence-corrected chi connectivity index (χ3v) is 2.24. The van der Waals surface area contributed by atoms with Crippen molar-refractivity contribution in [1.82, 2.24) is 0 Å². The van der Waals surface area contributed by atoms with Gasteiger partial charge in [-0.15, -0.1) is 0 Å². The van der Waals surface area contributed by atoms with Gasteiger partial charge in [0.1, 0.15) is 0 Å². The van der Waals surface area contributed by atoms with Gasteiger partial charge in [0.15, 0.2) is 0 Å². The summed E-state index contributed by atoms with van der Waals surface area (Å²) in [5.41, 5.74) is 0. The fourth-order valence-electron chi connectivity index (χ4n) is 0.892. The largest absolute Gasteiger partial charge is 0.382 e. The number of hydrogen-bond acceptors (Lipinski definition) is 1. The Kier molecular flexibility index (Phi) is 4.71. The van der Waals surface area contributed by atoms with E-state index in [2.05, 4.69) is 27.7 Å². The van der Waals surface area contributed by atoms with Crippen LogP contribution in [0.4, 0.5) is 0 Å². The molecule has 0 aromatic heterocycles. The maximum atomic E-state index is 5.17. The monoisotopic (exact) mass is 144 g/mol. The molecular formula is C9H20O. The van der Waals surface area contributed by atoms with Crippen LogP contribution in [0.1, 0.15) is 34.1 Å². The summed E-state index contributed by atoms with van der Waals surface area (Å²) >= 11 is 0. The number of methoxy groups -OCH3 is 1. The predicted octanol–water partition coefficient (Wildman–Crippen LogP) is 2.70. The SMILES string of the molecule is COC(C)C[C@H](C)C(C)C. The summed E-state index contributed by atoms with van der Waals surface area (Å²) in [6.45, 7) is 8.92. The van der Waals surface area contributed by atoms with Crippen molar-refractivity contribution in [3.63, 3.8) is 0 Å². The van der Waals surface area contributed by atoms with E-state index in [0.29, 0.717) is 6.10 Å². The summed E-state index contributed by atoms with van der Waals surface area (Å²) in [5.74, 6) is 1.55. The fourth-order valence-corrected chi connectivity index (χ4v) is 0.892. The number of hydrogen-bond donors (Lipinski definition) is 0. The summed E-state index contributed by atoms with van der Waals surface area (Å²) in [4.78, 5) is 0. The zero-order chi connectivity index (χ0) is 8.15. The van der Waals surface area contributed by atoms with Gasteiger partial charge in [0.05, 0.1) is 6.10 Å². The normalized spacial score (nSPS) is 17.4. The maximum Gasteiger partial charge on any atom is 0.0545 e. The van der Waals surface area contributed by atoms with Gasteiger partial charge in [-0.2, -0.15) is 0 Å². The molecule has 0 fully saturated rings. The van der Waals surface area contributed by atoms with Crippen LogP contribution in [0.3, 0.4) is 0 Å². The summed E-state index contributed by atoms with van der Waals surface area (Å²) in [6.07, 6.45) is 1.59. The van der Waals surface area contributed by atoms with Crippen LogP contribution in [0.5, 0.6) is 0 Å². The Balaban J connectivity index is 3.46. The lowest BCUT2D eigenvalue weighted by atomic mass is 9.93. The van der Waals surface area contributed by atoms with Gasteiger partial charge in [0, 0.05) is 7.11 Å². The molecule has 0 spiro atoms. The molecular weight excluding hydrogens is 124 g/mol. The molecule has 10 heavy (non-hydrogen) atoms. The zero-order valence-corrected chi connectivity index (χ0v) is 7.85. The van der Waals surface area contributed by atoms with E-state index in [1.165, 1.54) is 6.42 Å². The van der Waals surface area contributed by atoms with Crippen LogP contribution in [0.15, 0.2) is 0 Å². The average molecular weight is 144 g/mol. The van der Waals surface area contributed by atoms with Crippen molar-refractivity contribution in [3.05, 3.63) is 0 Å². The van der Waals surface area contributed by atoms with Crippen molar-refractivity contribution < 1.29 is 4.74 Å². The second-order valence-corrected chi connectivity index (χ2v) is 3.50. The summed E-state index contributed by atoms with van der Waals surface area (Å²) < 4.78 is 5.17. The number of ether oxygens (including phenoxy) is 1. The van der Waals surface area contributed by atoms with E-state index in [9.17, 15) is 0 Å². The van der Waals surface area contributed by atoms with Crippen LogP contribution in [0.25, 0.3) is 0 Å². The lowest BCUT2D eigenvalue weighted by Gasteiger charge is -2.18. The van der Waals surface area contributed by atoms with Crippen molar-refractivity contribution in [2.75, 3.05) is 7.11 Å². The van der Waals surface area contributed by atoms with E-state index in [1.807, 2.05) is 0 Å². The smallest absolute Gasteiger partial charge is 0.0545 e. The lowest BCUT2D eigenvalue weighted by Crippen LogP contribution is -2.14. The van der Waals surface area contributed by atoms with Gasteiger partial charge >= 0.3 is 0 Å². The first-order valence-electron chi connectivity index (χ1n) is 4.10. The van der Waals surface area contributed by atoms with Gasteiger partial charge in [-0.25, -0.2) is 0 Å². The molecule has 2 atom stereocenters. The minimum Gasteiger partial charge on any atom is -0.382 e. The zero-order valence-electron chi connectivity index (χ0n) is 7.85. The van der Waals surface area contributed by atoms with Crippen LogP contribution >= 0.6 is 0 Å². The van der Waals surface area contributed by atoms with Gasteiger partial charge in [0.2, 0.25) is 0 Å². The summed E-state index contributed by atoms with van der Waals surface area (Å²) in [6, 6.07) is 0. The Hall–Kier alpha value is -0.0400. The Bertz CT molecular complexity index is 78.8. The average Bonchev–Trinajstić information content (AvgIpc) is 1.87. The van der Waals surface area contributed by atoms with Crippen molar-refractivity contribution in [2.24, 2.45) is 11.8 Å². The first kappa shape index (κ1) is 9.96. The Labute approximate surface area is 64.8 Å². The Morgan fingerprint density at radius 3 is 1.90 bits per heavy atom. The first-order chi connectivity index (χ1) is 4.57. The highest BCUT2D eigenvalue weighted by Gasteiger charge is 2.10. The van der Waals surface area contributed by atoms with E-state index >= 15 is 0 Å². The lowest BCUT2D eigenvalue weighted by molar-refractivity contribution is 0.0902. The molecule has 62 valence electrons. The Morgan fingerprint density at radius 2 is 1.60 bits per heavy atom. The highest BCUT2D eigenvalue weighted by atomic mass is 16.5. The first-order valence-corrected chi connectivity index (χ1v) is 4.10. The van der Waals surface area contributed by atoms with Gasteiger partial charge in [-0.05, 0) is 25.2 Å². The molecule has 0 rings (SSSR count). The molecule has 1 unspecified atom stereocenters. The van der Waals surface area contributed by atoms with Crippen molar-refractivity contribution in [3.8, 4) is 0 Å². The molecule has 0 N–H and O–H groups in total. The van der Waals surface area contributed by atoms with Crippen LogP contribution in [-0.4, -0.2) is 13.2 Å². The van der Waals surface area contributed by atoms with Gasteiger partial charge in [-0.1, -0.05) is 20.8 Å². The highest BCUT2D eigenvalue weighted by molar-refractivity contribution is 4.61. The molecule has 1 nitrogen and oxygen atoms in total. The molecule has 0 saturated heterocycles. The molecule has 0 heterocycles. The minimum absolute atomic E-state index is 0.414. The predicted molar refractivity (Wildman–Crippen MR) is 45.1 cm³/mol. The van der Waals surface area contributed by atoms with Crippen LogP contribution < -0.4 is 0 Å². The molecule has 0 radical (unpaired) electrons. The third kappa shape index (κ3) is 3.89. The van der Waals surface area contributed by atoms with Crippen LogP contribution in [0, 0.1) is 11.8 Å². The molecule has 0 aliphatic rings. The molecule has 0 bridgehead atoms. The Morgan fingerprint density at radius 1 is 1.10 bits per heavy atom. The standard InChI is InChI=1S/C9H20O/c1-7(2)8(3)6-9(4)10-5/h7-9H,6H2,1-5H3/t8-,9?/m0/s1. The van der Waals surface area contributed by atoms with Gasteiger partial charge in [-0.3, -0.25) is 0 Å². The van der Waals surface area contributed by atoms with E-state index in [4.69, 9.17) is 4.74 Å². The van der Waals surface area contributed by atoms with Gasteiger partial charge in [0.25, 0.3) is 0 Å². The highest BCUT2D eigenvalue weighted by Crippen LogP contribution is 2.16. The molecule has 0 saturated carbocycles. The quantitative estimate of drug-likeness (QED) is 0.589. The van der Waals surface area contributed by atoms with Crippen molar-refractivity contribution in [1.29, 1.82) is 0 Å². The molecule has 0 aliphatic carbocycles.